The maximum Gasteiger partial charge on any atom is 0.258 e. The van der Waals surface area contributed by atoms with Crippen LogP contribution in [0.5, 0.6) is 0 Å². The van der Waals surface area contributed by atoms with Crippen LogP contribution in [0.25, 0.3) is 0 Å². The smallest absolute Gasteiger partial charge is 0.258 e. The van der Waals surface area contributed by atoms with Crippen molar-refractivity contribution in [2.45, 2.75) is 19.9 Å². The Hall–Kier alpha value is -0.590. The van der Waals surface area contributed by atoms with Crippen LogP contribution in [0.15, 0.2) is 6.20 Å². The van der Waals surface area contributed by atoms with E-state index in [2.05, 4.69) is 27.7 Å². The molecule has 1 aromatic rings. The van der Waals surface area contributed by atoms with Crippen LogP contribution < -0.4 is 0 Å². The zero-order chi connectivity index (χ0) is 10.9. The molecule has 5 heteroatoms. The van der Waals surface area contributed by atoms with Crippen LogP contribution in [0.2, 0.25) is 0 Å². The number of carbonyl (C=O) groups is 1. The third-order valence-electron chi connectivity index (χ3n) is 2.19. The van der Waals surface area contributed by atoms with E-state index in [1.54, 1.807) is 22.8 Å². The quantitative estimate of drug-likeness (QED) is 0.777. The van der Waals surface area contributed by atoms with Gasteiger partial charge < -0.3 is 4.90 Å². The predicted octanol–water partition coefficient (Wildman–Crippen LogP) is 1.51. The average molecular weight is 307 g/mol. The lowest BCUT2D eigenvalue weighted by Gasteiger charge is -2.20. The van der Waals surface area contributed by atoms with Crippen molar-refractivity contribution < 1.29 is 4.79 Å². The fourth-order valence-corrected chi connectivity index (χ4v) is 1.49. The standard InChI is InChI=1S/C9H14IN3O/c1-6(2)12(3)9(14)7-5-11-13(4)8(7)10/h5-6H,1-4H3. The second-order valence-corrected chi connectivity index (χ2v) is 4.50. The highest BCUT2D eigenvalue weighted by Crippen LogP contribution is 2.13. The van der Waals surface area contributed by atoms with E-state index in [4.69, 9.17) is 0 Å². The monoisotopic (exact) mass is 307 g/mol. The second-order valence-electron chi connectivity index (χ2n) is 3.48. The zero-order valence-electron chi connectivity index (χ0n) is 8.78. The molecule has 0 aliphatic heterocycles. The van der Waals surface area contributed by atoms with Crippen LogP contribution in [0.4, 0.5) is 0 Å². The van der Waals surface area contributed by atoms with Crippen LogP contribution in [-0.2, 0) is 7.05 Å². The maximum atomic E-state index is 11.9. The number of nitrogens with zero attached hydrogens (tertiary/aromatic N) is 3. The van der Waals surface area contributed by atoms with Gasteiger partial charge in [-0.15, -0.1) is 0 Å². The molecule has 0 atom stereocenters. The van der Waals surface area contributed by atoms with Crippen molar-refractivity contribution in [1.29, 1.82) is 0 Å². The summed E-state index contributed by atoms with van der Waals surface area (Å²) in [5.41, 5.74) is 0.671. The molecule has 0 saturated heterocycles. The van der Waals surface area contributed by atoms with E-state index in [1.165, 1.54) is 0 Å². The number of aryl methyl sites for hydroxylation is 1. The minimum absolute atomic E-state index is 0.0255. The molecule has 0 aliphatic carbocycles. The summed E-state index contributed by atoms with van der Waals surface area (Å²) in [5.74, 6) is 0.0255. The predicted molar refractivity (Wildman–Crippen MR) is 63.2 cm³/mol. The van der Waals surface area contributed by atoms with Gasteiger partial charge in [-0.05, 0) is 36.4 Å². The van der Waals surface area contributed by atoms with Gasteiger partial charge in [0.2, 0.25) is 0 Å². The summed E-state index contributed by atoms with van der Waals surface area (Å²) in [6.07, 6.45) is 1.61. The van der Waals surface area contributed by atoms with Crippen LogP contribution in [0.3, 0.4) is 0 Å². The van der Waals surface area contributed by atoms with E-state index in [1.807, 2.05) is 20.9 Å². The molecule has 1 amide bonds. The SMILES string of the molecule is CC(C)N(C)C(=O)c1cnn(C)c1I. The number of halogens is 1. The summed E-state index contributed by atoms with van der Waals surface area (Å²) < 4.78 is 2.57. The van der Waals surface area contributed by atoms with Crippen molar-refractivity contribution in [2.24, 2.45) is 7.05 Å². The molecule has 0 aliphatic rings. The normalized spacial score (nSPS) is 10.7. The van der Waals surface area contributed by atoms with Crippen LogP contribution in [0.1, 0.15) is 24.2 Å². The summed E-state index contributed by atoms with van der Waals surface area (Å²) in [6, 6.07) is 0.207. The van der Waals surface area contributed by atoms with Gasteiger partial charge in [-0.2, -0.15) is 5.10 Å². The molecule has 0 saturated carbocycles. The Morgan fingerprint density at radius 3 is 2.57 bits per heavy atom. The zero-order valence-corrected chi connectivity index (χ0v) is 10.9. The van der Waals surface area contributed by atoms with E-state index in [0.29, 0.717) is 5.56 Å². The molecule has 0 spiro atoms. The van der Waals surface area contributed by atoms with Gasteiger partial charge in [0.05, 0.1) is 11.8 Å². The third kappa shape index (κ3) is 2.08. The maximum absolute atomic E-state index is 11.9. The van der Waals surface area contributed by atoms with Crippen molar-refractivity contribution >= 4 is 28.5 Å². The minimum Gasteiger partial charge on any atom is -0.339 e. The van der Waals surface area contributed by atoms with Crippen molar-refractivity contribution in [3.05, 3.63) is 15.5 Å². The largest absolute Gasteiger partial charge is 0.339 e. The molecule has 0 fully saturated rings. The summed E-state index contributed by atoms with van der Waals surface area (Å²) in [4.78, 5) is 13.6. The van der Waals surface area contributed by atoms with Crippen molar-refractivity contribution in [1.82, 2.24) is 14.7 Å². The van der Waals surface area contributed by atoms with E-state index < -0.39 is 0 Å². The van der Waals surface area contributed by atoms with Crippen LogP contribution in [0, 0.1) is 3.70 Å². The summed E-state index contributed by atoms with van der Waals surface area (Å²) in [6.45, 7) is 3.97. The Bertz CT molecular complexity index is 346. The highest BCUT2D eigenvalue weighted by atomic mass is 127. The van der Waals surface area contributed by atoms with Crippen molar-refractivity contribution in [3.8, 4) is 0 Å². The lowest BCUT2D eigenvalue weighted by molar-refractivity contribution is 0.0753. The third-order valence-corrected chi connectivity index (χ3v) is 3.47. The number of rotatable bonds is 2. The minimum atomic E-state index is 0.0255. The van der Waals surface area contributed by atoms with Gasteiger partial charge in [0.25, 0.3) is 5.91 Å². The summed E-state index contributed by atoms with van der Waals surface area (Å²) in [7, 11) is 3.63. The van der Waals surface area contributed by atoms with Gasteiger partial charge in [0.15, 0.2) is 0 Å². The molecule has 14 heavy (non-hydrogen) atoms. The number of hydrogen-bond acceptors (Lipinski definition) is 2. The van der Waals surface area contributed by atoms with Gasteiger partial charge in [-0.25, -0.2) is 0 Å². The van der Waals surface area contributed by atoms with E-state index in [-0.39, 0.29) is 11.9 Å². The second kappa shape index (κ2) is 4.29. The molecule has 0 unspecified atom stereocenters. The Kier molecular flexibility index (Phi) is 3.52. The molecule has 4 nitrogen and oxygen atoms in total. The Balaban J connectivity index is 2.95. The van der Waals surface area contributed by atoms with Gasteiger partial charge in [0, 0.05) is 20.1 Å². The molecule has 0 bridgehead atoms. The first-order chi connectivity index (χ1) is 6.45. The molecule has 0 aromatic carbocycles. The first kappa shape index (κ1) is 11.5. The first-order valence-electron chi connectivity index (χ1n) is 4.39. The van der Waals surface area contributed by atoms with E-state index in [0.717, 1.165) is 3.70 Å². The average Bonchev–Trinajstić information content (AvgIpc) is 2.45. The van der Waals surface area contributed by atoms with Gasteiger partial charge in [-0.1, -0.05) is 0 Å². The van der Waals surface area contributed by atoms with Gasteiger partial charge in [-0.3, -0.25) is 9.48 Å². The number of aromatic nitrogens is 2. The number of carbonyl (C=O) groups excluding carboxylic acids is 1. The first-order valence-corrected chi connectivity index (χ1v) is 5.47. The number of hydrogen-bond donors (Lipinski definition) is 0. The molecule has 1 aromatic heterocycles. The van der Waals surface area contributed by atoms with Gasteiger partial charge >= 0.3 is 0 Å². The Labute approximate surface area is 97.4 Å². The number of amides is 1. The topological polar surface area (TPSA) is 38.1 Å². The molecule has 1 heterocycles. The molecule has 1 rings (SSSR count). The fourth-order valence-electron chi connectivity index (χ4n) is 0.991. The lowest BCUT2D eigenvalue weighted by Crippen LogP contribution is -2.33. The van der Waals surface area contributed by atoms with Crippen molar-refractivity contribution in [2.75, 3.05) is 7.05 Å². The van der Waals surface area contributed by atoms with Crippen LogP contribution in [-0.4, -0.2) is 33.7 Å². The summed E-state index contributed by atoms with van der Waals surface area (Å²) >= 11 is 2.13. The Morgan fingerprint density at radius 2 is 2.21 bits per heavy atom. The molecular weight excluding hydrogens is 293 g/mol. The van der Waals surface area contributed by atoms with Crippen molar-refractivity contribution in [3.63, 3.8) is 0 Å². The molecule has 78 valence electrons. The van der Waals surface area contributed by atoms with E-state index >= 15 is 0 Å². The lowest BCUT2D eigenvalue weighted by atomic mass is 10.2. The Morgan fingerprint density at radius 1 is 1.64 bits per heavy atom. The fraction of sp³-hybridized carbons (Fsp3) is 0.556. The van der Waals surface area contributed by atoms with E-state index in [9.17, 15) is 4.79 Å². The molecule has 0 N–H and O–H groups in total. The van der Waals surface area contributed by atoms with Crippen LogP contribution >= 0.6 is 22.6 Å². The van der Waals surface area contributed by atoms with Gasteiger partial charge in [0.1, 0.15) is 3.70 Å². The molecule has 0 radical (unpaired) electrons. The molecular formula is C9H14IN3O. The highest BCUT2D eigenvalue weighted by Gasteiger charge is 2.19. The highest BCUT2D eigenvalue weighted by molar-refractivity contribution is 14.1. The summed E-state index contributed by atoms with van der Waals surface area (Å²) in [5, 5.41) is 4.04.